The van der Waals surface area contributed by atoms with Crippen LogP contribution in [0.2, 0.25) is 0 Å². The van der Waals surface area contributed by atoms with E-state index in [1.165, 1.54) is 32.1 Å². The van der Waals surface area contributed by atoms with Gasteiger partial charge >= 0.3 is 0 Å². The molecule has 1 aliphatic carbocycles. The van der Waals surface area contributed by atoms with E-state index >= 15 is 0 Å². The fourth-order valence-electron chi connectivity index (χ4n) is 1.88. The summed E-state index contributed by atoms with van der Waals surface area (Å²) in [6.07, 6.45) is 6.48. The summed E-state index contributed by atoms with van der Waals surface area (Å²) < 4.78 is 0. The lowest BCUT2D eigenvalue weighted by Gasteiger charge is -2.22. The summed E-state index contributed by atoms with van der Waals surface area (Å²) in [5.74, 6) is 0.729. The van der Waals surface area contributed by atoms with Crippen molar-refractivity contribution < 1.29 is 0 Å². The highest BCUT2D eigenvalue weighted by Crippen LogP contribution is 2.22. The second-order valence-corrected chi connectivity index (χ2v) is 5.12. The van der Waals surface area contributed by atoms with Gasteiger partial charge in [-0.25, -0.2) is 0 Å². The Kier molecular flexibility index (Phi) is 5.12. The molecule has 1 rings (SSSR count). The molecule has 1 fully saturated rings. The van der Waals surface area contributed by atoms with E-state index < -0.39 is 0 Å². The van der Waals surface area contributed by atoms with E-state index in [0.717, 1.165) is 12.5 Å². The van der Waals surface area contributed by atoms with E-state index in [-0.39, 0.29) is 0 Å². The van der Waals surface area contributed by atoms with Crippen LogP contribution in [0.15, 0.2) is 0 Å². The normalized spacial score (nSPS) is 30.5. The minimum absolute atomic E-state index is 0.362. The zero-order chi connectivity index (χ0) is 9.68. The highest BCUT2D eigenvalue weighted by molar-refractivity contribution is 6.21. The Bertz CT molecular complexity index is 136. The van der Waals surface area contributed by atoms with Crippen LogP contribution in [-0.2, 0) is 0 Å². The molecule has 2 heteroatoms. The molecule has 1 aliphatic rings. The molecule has 0 bridgehead atoms. The third-order valence-electron chi connectivity index (χ3n) is 2.72. The Morgan fingerprint density at radius 1 is 1.23 bits per heavy atom. The van der Waals surface area contributed by atoms with Gasteiger partial charge in [-0.1, -0.05) is 33.1 Å². The molecule has 78 valence electrons. The number of nitrogens with one attached hydrogen (secondary N) is 1. The molecule has 0 aliphatic heterocycles. The summed E-state index contributed by atoms with van der Waals surface area (Å²) in [6, 6.07) is 0.562. The van der Waals surface area contributed by atoms with Gasteiger partial charge in [-0.3, -0.25) is 0 Å². The van der Waals surface area contributed by atoms with Crippen molar-refractivity contribution in [3.63, 3.8) is 0 Å². The third-order valence-corrected chi connectivity index (χ3v) is 3.24. The van der Waals surface area contributed by atoms with Crippen LogP contribution in [0.25, 0.3) is 0 Å². The molecule has 1 saturated carbocycles. The fraction of sp³-hybridized carbons (Fsp3) is 1.00. The SMILES string of the molecule is CC(C)CNC1CCCCCC1Cl. The van der Waals surface area contributed by atoms with Crippen molar-refractivity contribution in [1.82, 2.24) is 5.32 Å². The Labute approximate surface area is 87.2 Å². The van der Waals surface area contributed by atoms with Crippen LogP contribution in [0.5, 0.6) is 0 Å². The first-order chi connectivity index (χ1) is 6.20. The van der Waals surface area contributed by atoms with Crippen molar-refractivity contribution in [3.8, 4) is 0 Å². The number of hydrogen-bond donors (Lipinski definition) is 1. The molecular weight excluding hydrogens is 182 g/mol. The van der Waals surface area contributed by atoms with Crippen molar-refractivity contribution >= 4 is 11.6 Å². The maximum Gasteiger partial charge on any atom is 0.0489 e. The fourth-order valence-corrected chi connectivity index (χ4v) is 2.25. The molecule has 2 atom stereocenters. The van der Waals surface area contributed by atoms with Gasteiger partial charge in [0, 0.05) is 11.4 Å². The summed E-state index contributed by atoms with van der Waals surface area (Å²) in [5.41, 5.74) is 0. The van der Waals surface area contributed by atoms with Crippen molar-refractivity contribution in [3.05, 3.63) is 0 Å². The van der Waals surface area contributed by atoms with E-state index in [0.29, 0.717) is 11.4 Å². The predicted octanol–water partition coefficient (Wildman–Crippen LogP) is 3.17. The van der Waals surface area contributed by atoms with Gasteiger partial charge in [-0.05, 0) is 25.3 Å². The standard InChI is InChI=1S/C11H22ClN/c1-9(2)8-13-11-7-5-3-4-6-10(11)12/h9-11,13H,3-8H2,1-2H3. The van der Waals surface area contributed by atoms with Crippen molar-refractivity contribution in [2.75, 3.05) is 6.54 Å². The molecule has 13 heavy (non-hydrogen) atoms. The molecule has 0 spiro atoms. The summed E-state index contributed by atoms with van der Waals surface area (Å²) in [5, 5.41) is 3.94. The summed E-state index contributed by atoms with van der Waals surface area (Å²) in [7, 11) is 0. The molecule has 0 amide bonds. The second kappa shape index (κ2) is 5.87. The average molecular weight is 204 g/mol. The molecule has 1 nitrogen and oxygen atoms in total. The molecule has 2 unspecified atom stereocenters. The van der Waals surface area contributed by atoms with Gasteiger partial charge in [0.2, 0.25) is 0 Å². The highest BCUT2D eigenvalue weighted by atomic mass is 35.5. The Hall–Kier alpha value is 0.250. The molecule has 0 radical (unpaired) electrons. The quantitative estimate of drug-likeness (QED) is 0.549. The Morgan fingerprint density at radius 2 is 1.92 bits per heavy atom. The first-order valence-electron chi connectivity index (χ1n) is 5.57. The molecule has 1 N–H and O–H groups in total. The predicted molar refractivity (Wildman–Crippen MR) is 59.4 cm³/mol. The zero-order valence-electron chi connectivity index (χ0n) is 8.85. The number of alkyl halides is 1. The van der Waals surface area contributed by atoms with Crippen LogP contribution in [0, 0.1) is 5.92 Å². The number of hydrogen-bond acceptors (Lipinski definition) is 1. The van der Waals surface area contributed by atoms with E-state index in [9.17, 15) is 0 Å². The van der Waals surface area contributed by atoms with Crippen LogP contribution < -0.4 is 5.32 Å². The van der Waals surface area contributed by atoms with Crippen LogP contribution in [0.1, 0.15) is 46.0 Å². The number of rotatable bonds is 3. The van der Waals surface area contributed by atoms with Crippen molar-refractivity contribution in [2.45, 2.75) is 57.4 Å². The summed E-state index contributed by atoms with van der Waals surface area (Å²) in [6.45, 7) is 5.59. The molecule has 0 saturated heterocycles. The van der Waals surface area contributed by atoms with Crippen LogP contribution in [0.3, 0.4) is 0 Å². The maximum absolute atomic E-state index is 6.31. The van der Waals surface area contributed by atoms with Crippen molar-refractivity contribution in [2.24, 2.45) is 5.92 Å². The summed E-state index contributed by atoms with van der Waals surface area (Å²) in [4.78, 5) is 0. The first-order valence-corrected chi connectivity index (χ1v) is 6.01. The largest absolute Gasteiger partial charge is 0.312 e. The molecule has 0 heterocycles. The van der Waals surface area contributed by atoms with Gasteiger partial charge in [0.1, 0.15) is 0 Å². The van der Waals surface area contributed by atoms with Gasteiger partial charge in [-0.15, -0.1) is 11.6 Å². The minimum atomic E-state index is 0.362. The van der Waals surface area contributed by atoms with Gasteiger partial charge in [-0.2, -0.15) is 0 Å². The topological polar surface area (TPSA) is 12.0 Å². The van der Waals surface area contributed by atoms with Crippen molar-refractivity contribution in [1.29, 1.82) is 0 Å². The van der Waals surface area contributed by atoms with Crippen LogP contribution >= 0.6 is 11.6 Å². The van der Waals surface area contributed by atoms with E-state index in [4.69, 9.17) is 11.6 Å². The lowest BCUT2D eigenvalue weighted by atomic mass is 10.1. The molecule has 0 aromatic carbocycles. The molecule has 0 aromatic rings. The third kappa shape index (κ3) is 4.33. The van der Waals surface area contributed by atoms with Gasteiger partial charge in [0.25, 0.3) is 0 Å². The van der Waals surface area contributed by atoms with E-state index in [1.807, 2.05) is 0 Å². The minimum Gasteiger partial charge on any atom is -0.312 e. The molecule has 0 aromatic heterocycles. The summed E-state index contributed by atoms with van der Waals surface area (Å²) >= 11 is 6.31. The van der Waals surface area contributed by atoms with Crippen LogP contribution in [-0.4, -0.2) is 18.0 Å². The highest BCUT2D eigenvalue weighted by Gasteiger charge is 2.20. The van der Waals surface area contributed by atoms with Gasteiger partial charge in [0.05, 0.1) is 0 Å². The smallest absolute Gasteiger partial charge is 0.0489 e. The van der Waals surface area contributed by atoms with Gasteiger partial charge in [0.15, 0.2) is 0 Å². The lowest BCUT2D eigenvalue weighted by Crippen LogP contribution is -2.38. The molecular formula is C11H22ClN. The Balaban J connectivity index is 2.27. The Morgan fingerprint density at radius 3 is 2.62 bits per heavy atom. The average Bonchev–Trinajstić information content (AvgIpc) is 2.27. The van der Waals surface area contributed by atoms with E-state index in [2.05, 4.69) is 19.2 Å². The number of halogens is 1. The van der Waals surface area contributed by atoms with E-state index in [1.54, 1.807) is 0 Å². The van der Waals surface area contributed by atoms with Crippen LogP contribution in [0.4, 0.5) is 0 Å². The lowest BCUT2D eigenvalue weighted by molar-refractivity contribution is 0.430. The monoisotopic (exact) mass is 203 g/mol. The second-order valence-electron chi connectivity index (χ2n) is 4.56. The first kappa shape index (κ1) is 11.3. The van der Waals surface area contributed by atoms with Gasteiger partial charge < -0.3 is 5.32 Å². The maximum atomic E-state index is 6.31. The zero-order valence-corrected chi connectivity index (χ0v) is 9.61.